The van der Waals surface area contributed by atoms with Gasteiger partial charge in [-0.1, -0.05) is 13.0 Å². The Morgan fingerprint density at radius 2 is 2.17 bits per heavy atom. The van der Waals surface area contributed by atoms with Gasteiger partial charge in [-0.15, -0.1) is 24.0 Å². The Bertz CT molecular complexity index is 34.5. The lowest BCUT2D eigenvalue weighted by atomic mass is 10.5. The summed E-state index contributed by atoms with van der Waals surface area (Å²) in [6.45, 7) is 1.96. The molecule has 6 heavy (non-hydrogen) atoms. The van der Waals surface area contributed by atoms with E-state index in [9.17, 15) is 0 Å². The van der Waals surface area contributed by atoms with Crippen LogP contribution in [0.4, 0.5) is 0 Å². The summed E-state index contributed by atoms with van der Waals surface area (Å²) in [5, 5.41) is 7.89. The molecule has 0 aliphatic carbocycles. The SMILES string of the molecule is CCC=CO.I. The molecule has 0 saturated carbocycles. The van der Waals surface area contributed by atoms with Crippen LogP contribution >= 0.6 is 24.0 Å². The van der Waals surface area contributed by atoms with E-state index in [1.54, 1.807) is 6.08 Å². The molecule has 1 N–H and O–H groups in total. The van der Waals surface area contributed by atoms with Crippen molar-refractivity contribution in [3.8, 4) is 0 Å². The first-order valence-electron chi connectivity index (χ1n) is 1.71. The van der Waals surface area contributed by atoms with Crippen molar-refractivity contribution in [3.63, 3.8) is 0 Å². The highest BCUT2D eigenvalue weighted by Gasteiger charge is 1.53. The summed E-state index contributed by atoms with van der Waals surface area (Å²) in [6.07, 6.45) is 3.65. The van der Waals surface area contributed by atoms with Crippen LogP contribution in [-0.4, -0.2) is 5.11 Å². The van der Waals surface area contributed by atoms with Gasteiger partial charge in [0.25, 0.3) is 0 Å². The average molecular weight is 200 g/mol. The maximum Gasteiger partial charge on any atom is 0.0751 e. The number of aliphatic hydroxyl groups is 1. The molecular formula is C4H9IO. The summed E-state index contributed by atoms with van der Waals surface area (Å²) in [7, 11) is 0. The first-order chi connectivity index (χ1) is 2.41. The molecule has 0 rings (SSSR count). The van der Waals surface area contributed by atoms with Crippen molar-refractivity contribution in [1.82, 2.24) is 0 Å². The molecule has 0 heterocycles. The van der Waals surface area contributed by atoms with Crippen LogP contribution in [0, 0.1) is 0 Å². The van der Waals surface area contributed by atoms with Crippen LogP contribution in [0.15, 0.2) is 12.3 Å². The van der Waals surface area contributed by atoms with E-state index in [1.165, 1.54) is 0 Å². The zero-order valence-electron chi connectivity index (χ0n) is 3.72. The summed E-state index contributed by atoms with van der Waals surface area (Å²) < 4.78 is 0. The van der Waals surface area contributed by atoms with Crippen LogP contribution in [0.5, 0.6) is 0 Å². The molecule has 2 heteroatoms. The van der Waals surface area contributed by atoms with Gasteiger partial charge in [-0.25, -0.2) is 0 Å². The van der Waals surface area contributed by atoms with Crippen molar-refractivity contribution in [1.29, 1.82) is 0 Å². The van der Waals surface area contributed by atoms with Crippen molar-refractivity contribution in [2.75, 3.05) is 0 Å². The van der Waals surface area contributed by atoms with Gasteiger partial charge in [-0.05, 0) is 6.42 Å². The number of halogens is 1. The van der Waals surface area contributed by atoms with Crippen molar-refractivity contribution < 1.29 is 5.11 Å². The van der Waals surface area contributed by atoms with Gasteiger partial charge in [0.05, 0.1) is 6.26 Å². The summed E-state index contributed by atoms with van der Waals surface area (Å²) in [5.74, 6) is 0. The predicted octanol–water partition coefficient (Wildman–Crippen LogP) is 2.09. The maximum atomic E-state index is 7.89. The van der Waals surface area contributed by atoms with Crippen LogP contribution < -0.4 is 0 Å². The van der Waals surface area contributed by atoms with Gasteiger partial charge in [-0.3, -0.25) is 0 Å². The topological polar surface area (TPSA) is 20.2 Å². The molecule has 38 valence electrons. The van der Waals surface area contributed by atoms with Gasteiger partial charge < -0.3 is 5.11 Å². The standard InChI is InChI=1S/C4H8O.HI/c1-2-3-4-5;/h3-5H,2H2,1H3;1H. The summed E-state index contributed by atoms with van der Waals surface area (Å²) in [4.78, 5) is 0. The lowest BCUT2D eigenvalue weighted by Crippen LogP contribution is -1.48. The van der Waals surface area contributed by atoms with E-state index in [0.717, 1.165) is 12.7 Å². The largest absolute Gasteiger partial charge is 0.516 e. The quantitative estimate of drug-likeness (QED) is 0.507. The number of hydrogen-bond donors (Lipinski definition) is 1. The zero-order chi connectivity index (χ0) is 4.12. The van der Waals surface area contributed by atoms with Crippen molar-refractivity contribution in [3.05, 3.63) is 12.3 Å². The van der Waals surface area contributed by atoms with E-state index in [-0.39, 0.29) is 24.0 Å². The Morgan fingerprint density at radius 3 is 2.17 bits per heavy atom. The van der Waals surface area contributed by atoms with Gasteiger partial charge in [-0.2, -0.15) is 0 Å². The molecule has 0 spiro atoms. The predicted molar refractivity (Wildman–Crippen MR) is 37.5 cm³/mol. The van der Waals surface area contributed by atoms with E-state index in [4.69, 9.17) is 5.11 Å². The van der Waals surface area contributed by atoms with E-state index in [2.05, 4.69) is 0 Å². The highest BCUT2D eigenvalue weighted by atomic mass is 127. The Labute approximate surface area is 55.1 Å². The Kier molecular flexibility index (Phi) is 14.3. The first kappa shape index (κ1) is 9.55. The van der Waals surface area contributed by atoms with Gasteiger partial charge >= 0.3 is 0 Å². The fraction of sp³-hybridized carbons (Fsp3) is 0.500. The Balaban J connectivity index is 0. The second-order valence-electron chi connectivity index (χ2n) is 0.793. The smallest absolute Gasteiger partial charge is 0.0751 e. The number of rotatable bonds is 1. The molecule has 0 aromatic rings. The van der Waals surface area contributed by atoms with Crippen molar-refractivity contribution >= 4 is 24.0 Å². The summed E-state index contributed by atoms with van der Waals surface area (Å²) in [5.41, 5.74) is 0. The molecule has 0 amide bonds. The molecular weight excluding hydrogens is 191 g/mol. The van der Waals surface area contributed by atoms with Crippen LogP contribution in [0.1, 0.15) is 13.3 Å². The molecule has 0 aliphatic heterocycles. The summed E-state index contributed by atoms with van der Waals surface area (Å²) >= 11 is 0. The fourth-order valence-corrected chi connectivity index (χ4v) is 0.105. The molecule has 0 aromatic heterocycles. The average Bonchev–Trinajstić information content (AvgIpc) is 1.41. The second-order valence-corrected chi connectivity index (χ2v) is 0.793. The summed E-state index contributed by atoms with van der Waals surface area (Å²) in [6, 6.07) is 0. The fourth-order valence-electron chi connectivity index (χ4n) is 0.105. The number of hydrogen-bond acceptors (Lipinski definition) is 1. The van der Waals surface area contributed by atoms with E-state index >= 15 is 0 Å². The zero-order valence-corrected chi connectivity index (χ0v) is 6.05. The monoisotopic (exact) mass is 200 g/mol. The molecule has 0 unspecified atom stereocenters. The third-order valence-electron chi connectivity index (χ3n) is 0.341. The van der Waals surface area contributed by atoms with Gasteiger partial charge in [0, 0.05) is 0 Å². The molecule has 0 atom stereocenters. The number of allylic oxidation sites excluding steroid dienone is 1. The minimum atomic E-state index is 0. The first-order valence-corrected chi connectivity index (χ1v) is 1.71. The third-order valence-corrected chi connectivity index (χ3v) is 0.341. The lowest BCUT2D eigenvalue weighted by Gasteiger charge is -1.65. The molecule has 0 aromatic carbocycles. The van der Waals surface area contributed by atoms with Gasteiger partial charge in [0.2, 0.25) is 0 Å². The van der Waals surface area contributed by atoms with E-state index in [1.807, 2.05) is 6.92 Å². The Morgan fingerprint density at radius 1 is 1.67 bits per heavy atom. The van der Waals surface area contributed by atoms with Crippen molar-refractivity contribution in [2.24, 2.45) is 0 Å². The highest BCUT2D eigenvalue weighted by molar-refractivity contribution is 14.0. The van der Waals surface area contributed by atoms with E-state index < -0.39 is 0 Å². The van der Waals surface area contributed by atoms with Crippen LogP contribution in [0.25, 0.3) is 0 Å². The van der Waals surface area contributed by atoms with Gasteiger partial charge in [0.1, 0.15) is 0 Å². The minimum absolute atomic E-state index is 0. The Hall–Kier alpha value is 0.270. The molecule has 0 radical (unpaired) electrons. The number of aliphatic hydroxyl groups excluding tert-OH is 1. The third kappa shape index (κ3) is 8.86. The normalized spacial score (nSPS) is 8.17. The minimum Gasteiger partial charge on any atom is -0.516 e. The molecule has 0 aliphatic rings. The molecule has 1 nitrogen and oxygen atoms in total. The van der Waals surface area contributed by atoms with Gasteiger partial charge in [0.15, 0.2) is 0 Å². The lowest BCUT2D eigenvalue weighted by molar-refractivity contribution is 0.471. The molecule has 0 fully saturated rings. The van der Waals surface area contributed by atoms with Crippen LogP contribution in [0.3, 0.4) is 0 Å². The van der Waals surface area contributed by atoms with Crippen molar-refractivity contribution in [2.45, 2.75) is 13.3 Å². The molecule has 0 bridgehead atoms. The maximum absolute atomic E-state index is 7.89. The highest BCUT2D eigenvalue weighted by Crippen LogP contribution is 1.71. The van der Waals surface area contributed by atoms with Crippen LogP contribution in [0.2, 0.25) is 0 Å². The van der Waals surface area contributed by atoms with Crippen LogP contribution in [-0.2, 0) is 0 Å². The molecule has 0 saturated heterocycles. The van der Waals surface area contributed by atoms with E-state index in [0.29, 0.717) is 0 Å². The second kappa shape index (κ2) is 8.99.